The molecule has 0 radical (unpaired) electrons. The Labute approximate surface area is 189 Å². The van der Waals surface area contributed by atoms with Gasteiger partial charge in [0.05, 0.1) is 6.61 Å². The van der Waals surface area contributed by atoms with E-state index >= 15 is 0 Å². The van der Waals surface area contributed by atoms with Crippen LogP contribution >= 0.6 is 0 Å². The van der Waals surface area contributed by atoms with Crippen molar-refractivity contribution in [3.63, 3.8) is 0 Å². The van der Waals surface area contributed by atoms with Crippen LogP contribution in [0.3, 0.4) is 0 Å². The first kappa shape index (κ1) is 26.7. The van der Waals surface area contributed by atoms with Crippen molar-refractivity contribution >= 4 is 17.6 Å². The summed E-state index contributed by atoms with van der Waals surface area (Å²) < 4.78 is 4.79. The van der Waals surface area contributed by atoms with Gasteiger partial charge in [-0.25, -0.2) is 0 Å². The van der Waals surface area contributed by atoms with Gasteiger partial charge in [-0.15, -0.1) is 0 Å². The van der Waals surface area contributed by atoms with Crippen molar-refractivity contribution in [2.45, 2.75) is 84.5 Å². The monoisotopic (exact) mass is 430 g/mol. The molecule has 1 amide bonds. The lowest BCUT2D eigenvalue weighted by atomic mass is 10.1. The number of ether oxygens (including phenoxy) is 1. The molecular formula is C26H42N2O3. The normalized spacial score (nSPS) is 10.9. The third-order valence-electron chi connectivity index (χ3n) is 5.11. The average Bonchev–Trinajstić information content (AvgIpc) is 2.78. The summed E-state index contributed by atoms with van der Waals surface area (Å²) in [6.07, 6.45) is 18.9. The second-order valence-electron chi connectivity index (χ2n) is 7.87. The highest BCUT2D eigenvalue weighted by Crippen LogP contribution is 2.11. The predicted octanol–water partition coefficient (Wildman–Crippen LogP) is 6.26. The smallest absolute Gasteiger partial charge is 0.325 e. The zero-order valence-corrected chi connectivity index (χ0v) is 19.6. The van der Waals surface area contributed by atoms with Gasteiger partial charge in [0.2, 0.25) is 0 Å². The van der Waals surface area contributed by atoms with Gasteiger partial charge >= 0.3 is 5.97 Å². The number of carbonyl (C=O) groups excluding carboxylic acids is 2. The molecule has 0 aromatic heterocycles. The Morgan fingerprint density at radius 2 is 1.45 bits per heavy atom. The minimum Gasteiger partial charge on any atom is -0.465 e. The Morgan fingerprint density at radius 1 is 0.839 bits per heavy atom. The van der Waals surface area contributed by atoms with E-state index in [1.807, 2.05) is 12.1 Å². The van der Waals surface area contributed by atoms with Crippen LogP contribution < -0.4 is 10.6 Å². The lowest BCUT2D eigenvalue weighted by Gasteiger charge is -2.08. The number of esters is 1. The summed E-state index contributed by atoms with van der Waals surface area (Å²) in [5.74, 6) is -0.706. The van der Waals surface area contributed by atoms with Gasteiger partial charge in [0.15, 0.2) is 0 Å². The van der Waals surface area contributed by atoms with E-state index in [-0.39, 0.29) is 12.5 Å². The standard InChI is InChI=1S/C26H42N2O3/c1-3-5-6-7-8-9-10-11-12-13-14-15-16-21-27-24-19-17-23(18-20-24)26(30)28-22-25(29)31-4-2/h13-14,17-20,27H,3-12,15-16,21-22H2,1-2H3,(H,28,30). The Kier molecular flexibility index (Phi) is 15.9. The Balaban J connectivity index is 2.05. The molecule has 0 saturated carbocycles. The van der Waals surface area contributed by atoms with Crippen LogP contribution in [0.4, 0.5) is 5.69 Å². The van der Waals surface area contributed by atoms with Crippen molar-refractivity contribution < 1.29 is 14.3 Å². The molecule has 0 aliphatic rings. The number of allylic oxidation sites excluding steroid dienone is 2. The highest BCUT2D eigenvalue weighted by atomic mass is 16.5. The van der Waals surface area contributed by atoms with E-state index in [1.54, 1.807) is 19.1 Å². The first-order valence-corrected chi connectivity index (χ1v) is 12.1. The van der Waals surface area contributed by atoms with E-state index < -0.39 is 5.97 Å². The average molecular weight is 431 g/mol. The van der Waals surface area contributed by atoms with E-state index in [4.69, 9.17) is 4.74 Å². The summed E-state index contributed by atoms with van der Waals surface area (Å²) in [5.41, 5.74) is 1.52. The molecule has 174 valence electrons. The van der Waals surface area contributed by atoms with Crippen LogP contribution in [0.25, 0.3) is 0 Å². The number of unbranched alkanes of at least 4 members (excludes halogenated alkanes) is 9. The minimum absolute atomic E-state index is 0.112. The van der Waals surface area contributed by atoms with Crippen LogP contribution in [0.2, 0.25) is 0 Å². The van der Waals surface area contributed by atoms with Crippen molar-refractivity contribution in [1.29, 1.82) is 0 Å². The van der Waals surface area contributed by atoms with Gasteiger partial charge in [-0.05, 0) is 56.9 Å². The van der Waals surface area contributed by atoms with Crippen LogP contribution in [-0.2, 0) is 9.53 Å². The summed E-state index contributed by atoms with van der Waals surface area (Å²) >= 11 is 0. The lowest BCUT2D eigenvalue weighted by molar-refractivity contribution is -0.141. The number of hydrogen-bond donors (Lipinski definition) is 2. The molecule has 5 nitrogen and oxygen atoms in total. The molecule has 0 fully saturated rings. The van der Waals surface area contributed by atoms with E-state index in [0.717, 1.165) is 25.1 Å². The van der Waals surface area contributed by atoms with Gasteiger partial charge in [0.25, 0.3) is 5.91 Å². The van der Waals surface area contributed by atoms with E-state index in [9.17, 15) is 9.59 Å². The molecule has 0 heterocycles. The Bertz CT molecular complexity index is 626. The minimum atomic E-state index is -0.430. The maximum Gasteiger partial charge on any atom is 0.325 e. The summed E-state index contributed by atoms with van der Waals surface area (Å²) in [4.78, 5) is 23.3. The quantitative estimate of drug-likeness (QED) is 0.164. The fraction of sp³-hybridized carbons (Fsp3) is 0.615. The molecule has 5 heteroatoms. The summed E-state index contributed by atoms with van der Waals surface area (Å²) in [6.45, 7) is 5.10. The van der Waals surface area contributed by atoms with Crippen molar-refractivity contribution in [2.24, 2.45) is 0 Å². The Hall–Kier alpha value is -2.30. The van der Waals surface area contributed by atoms with Crippen LogP contribution in [0.15, 0.2) is 36.4 Å². The topological polar surface area (TPSA) is 67.4 Å². The SMILES string of the molecule is CCCCCCCCCCC=CCCCNc1ccc(C(=O)NCC(=O)OCC)cc1. The molecule has 31 heavy (non-hydrogen) atoms. The second-order valence-corrected chi connectivity index (χ2v) is 7.87. The van der Waals surface area contributed by atoms with Crippen LogP contribution in [0.5, 0.6) is 0 Å². The lowest BCUT2D eigenvalue weighted by Crippen LogP contribution is -2.30. The number of rotatable bonds is 18. The molecule has 0 aliphatic heterocycles. The largest absolute Gasteiger partial charge is 0.465 e. The fourth-order valence-corrected chi connectivity index (χ4v) is 3.29. The molecule has 0 saturated heterocycles. The fourth-order valence-electron chi connectivity index (χ4n) is 3.29. The summed E-state index contributed by atoms with van der Waals surface area (Å²) in [6, 6.07) is 7.29. The molecule has 1 aromatic carbocycles. The second kappa shape index (κ2) is 18.5. The summed E-state index contributed by atoms with van der Waals surface area (Å²) in [7, 11) is 0. The van der Waals surface area contributed by atoms with Crippen molar-refractivity contribution in [3.8, 4) is 0 Å². The van der Waals surface area contributed by atoms with Gasteiger partial charge in [-0.2, -0.15) is 0 Å². The summed E-state index contributed by atoms with van der Waals surface area (Å²) in [5, 5.41) is 5.94. The van der Waals surface area contributed by atoms with Crippen LogP contribution in [0.1, 0.15) is 94.8 Å². The molecule has 2 N–H and O–H groups in total. The highest BCUT2D eigenvalue weighted by Gasteiger charge is 2.08. The maximum absolute atomic E-state index is 12.0. The number of hydrogen-bond acceptors (Lipinski definition) is 4. The van der Waals surface area contributed by atoms with E-state index in [2.05, 4.69) is 29.7 Å². The molecule has 0 spiro atoms. The third kappa shape index (κ3) is 14.4. The zero-order valence-electron chi connectivity index (χ0n) is 19.6. The number of carbonyl (C=O) groups is 2. The van der Waals surface area contributed by atoms with Gasteiger partial charge < -0.3 is 15.4 Å². The molecule has 0 atom stereocenters. The van der Waals surface area contributed by atoms with Crippen molar-refractivity contribution in [3.05, 3.63) is 42.0 Å². The number of nitrogens with one attached hydrogen (secondary N) is 2. The van der Waals surface area contributed by atoms with Gasteiger partial charge in [-0.3, -0.25) is 9.59 Å². The number of anilines is 1. The van der Waals surface area contributed by atoms with Crippen molar-refractivity contribution in [2.75, 3.05) is 25.0 Å². The van der Waals surface area contributed by atoms with Gasteiger partial charge in [0, 0.05) is 17.8 Å². The van der Waals surface area contributed by atoms with E-state index in [0.29, 0.717) is 12.2 Å². The third-order valence-corrected chi connectivity index (χ3v) is 5.11. The Morgan fingerprint density at radius 3 is 2.10 bits per heavy atom. The zero-order chi connectivity index (χ0) is 22.6. The molecule has 0 aliphatic carbocycles. The molecule has 0 unspecified atom stereocenters. The number of benzene rings is 1. The maximum atomic E-state index is 12.0. The van der Waals surface area contributed by atoms with E-state index in [1.165, 1.54) is 57.8 Å². The van der Waals surface area contributed by atoms with Crippen LogP contribution in [0, 0.1) is 0 Å². The molecule has 1 aromatic rings. The molecular weight excluding hydrogens is 388 g/mol. The highest BCUT2D eigenvalue weighted by molar-refractivity contribution is 5.96. The van der Waals surface area contributed by atoms with Crippen LogP contribution in [-0.4, -0.2) is 31.6 Å². The van der Waals surface area contributed by atoms with Gasteiger partial charge in [-0.1, -0.05) is 64.0 Å². The van der Waals surface area contributed by atoms with Gasteiger partial charge in [0.1, 0.15) is 6.54 Å². The first-order valence-electron chi connectivity index (χ1n) is 12.1. The molecule has 0 bridgehead atoms. The van der Waals surface area contributed by atoms with Crippen molar-refractivity contribution in [1.82, 2.24) is 5.32 Å². The first-order chi connectivity index (χ1) is 15.2. The molecule has 1 rings (SSSR count). The predicted molar refractivity (Wildman–Crippen MR) is 129 cm³/mol. The number of amides is 1.